The molecule has 1 atom stereocenters. The maximum Gasteiger partial charge on any atom is 0.243 e. The first-order chi connectivity index (χ1) is 13.7. The maximum absolute atomic E-state index is 12.1. The van der Waals surface area contributed by atoms with Gasteiger partial charge in [-0.3, -0.25) is 14.8 Å². The zero-order chi connectivity index (χ0) is 19.8. The van der Waals surface area contributed by atoms with E-state index in [0.717, 1.165) is 30.9 Å². The molecule has 1 unspecified atom stereocenters. The Balaban J connectivity index is 0.00000300. The second-order valence-electron chi connectivity index (χ2n) is 6.46. The van der Waals surface area contributed by atoms with Crippen LogP contribution in [0.25, 0.3) is 0 Å². The summed E-state index contributed by atoms with van der Waals surface area (Å²) in [6.45, 7) is 1.89. The predicted octanol–water partition coefficient (Wildman–Crippen LogP) is 2.09. The number of amides is 1. The Bertz CT molecular complexity index is 818. The van der Waals surface area contributed by atoms with Gasteiger partial charge in [-0.05, 0) is 30.7 Å². The highest BCUT2D eigenvalue weighted by Gasteiger charge is 2.25. The molecule has 0 saturated carbocycles. The lowest BCUT2D eigenvalue weighted by Crippen LogP contribution is -2.46. The first kappa shape index (κ1) is 22.7. The van der Waals surface area contributed by atoms with E-state index in [2.05, 4.69) is 36.9 Å². The Labute approximate surface area is 188 Å². The summed E-state index contributed by atoms with van der Waals surface area (Å²) in [4.78, 5) is 22.6. The van der Waals surface area contributed by atoms with Crippen LogP contribution in [0.1, 0.15) is 6.42 Å². The summed E-state index contributed by atoms with van der Waals surface area (Å²) in [5.41, 5.74) is 1.76. The molecular weight excluding hydrogens is 483 g/mol. The number of benzene rings is 1. The van der Waals surface area contributed by atoms with E-state index in [1.165, 1.54) is 0 Å². The first-order valence-corrected chi connectivity index (χ1v) is 9.24. The van der Waals surface area contributed by atoms with Crippen molar-refractivity contribution in [2.75, 3.05) is 44.0 Å². The number of rotatable bonds is 6. The molecule has 29 heavy (non-hydrogen) atoms. The summed E-state index contributed by atoms with van der Waals surface area (Å²) >= 11 is 0. The molecule has 3 rings (SSSR count). The summed E-state index contributed by atoms with van der Waals surface area (Å²) in [5, 5.41) is 9.23. The molecule has 0 radical (unpaired) electrons. The number of nitrogens with zero attached hydrogens (tertiary/aromatic N) is 3. The highest BCUT2D eigenvalue weighted by Crippen LogP contribution is 2.30. The van der Waals surface area contributed by atoms with E-state index in [4.69, 9.17) is 4.74 Å². The van der Waals surface area contributed by atoms with Crippen LogP contribution in [0.3, 0.4) is 0 Å². The van der Waals surface area contributed by atoms with Gasteiger partial charge in [0, 0.05) is 32.4 Å². The second kappa shape index (κ2) is 11.4. The fourth-order valence-electron chi connectivity index (χ4n) is 3.18. The van der Waals surface area contributed by atoms with Crippen molar-refractivity contribution in [1.82, 2.24) is 15.6 Å². The number of ether oxygens (including phenoxy) is 1. The largest absolute Gasteiger partial charge is 0.495 e. The lowest BCUT2D eigenvalue weighted by atomic mass is 10.2. The molecule has 1 aromatic heterocycles. The normalized spacial score (nSPS) is 16.0. The lowest BCUT2D eigenvalue weighted by Gasteiger charge is -2.22. The molecule has 1 aliphatic heterocycles. The van der Waals surface area contributed by atoms with E-state index in [-0.39, 0.29) is 42.5 Å². The van der Waals surface area contributed by atoms with Crippen molar-refractivity contribution in [3.63, 3.8) is 0 Å². The molecule has 1 aromatic carbocycles. The standard InChI is InChI=1S/C20H26N6O2.HI/c1-21-20(23-13-19(27)24-15-6-5-10-22-12-15)25-16-9-11-26(14-16)17-7-3-4-8-18(17)28-2;/h3-8,10,12,16H,9,11,13-14H2,1-2H3,(H,24,27)(H2,21,23,25);1H. The molecule has 1 amide bonds. The van der Waals surface area contributed by atoms with Gasteiger partial charge in [-0.25, -0.2) is 0 Å². The summed E-state index contributed by atoms with van der Waals surface area (Å²) in [5.74, 6) is 1.32. The monoisotopic (exact) mass is 510 g/mol. The number of aliphatic imine (C=N–C) groups is 1. The Morgan fingerprint density at radius 1 is 1.31 bits per heavy atom. The zero-order valence-corrected chi connectivity index (χ0v) is 18.9. The summed E-state index contributed by atoms with van der Waals surface area (Å²) in [6.07, 6.45) is 4.24. The van der Waals surface area contributed by atoms with Crippen molar-refractivity contribution < 1.29 is 9.53 Å². The number of hydrogen-bond donors (Lipinski definition) is 3. The van der Waals surface area contributed by atoms with Crippen LogP contribution in [0.4, 0.5) is 11.4 Å². The highest BCUT2D eigenvalue weighted by molar-refractivity contribution is 14.0. The number of methoxy groups -OCH3 is 1. The molecule has 156 valence electrons. The Kier molecular flexibility index (Phi) is 8.97. The molecule has 1 fully saturated rings. The van der Waals surface area contributed by atoms with Gasteiger partial charge in [-0.2, -0.15) is 0 Å². The Hall–Kier alpha value is -2.56. The van der Waals surface area contributed by atoms with Crippen molar-refractivity contribution in [1.29, 1.82) is 0 Å². The second-order valence-corrected chi connectivity index (χ2v) is 6.46. The number of carbonyl (C=O) groups excluding carboxylic acids is 1. The smallest absolute Gasteiger partial charge is 0.243 e. The van der Waals surface area contributed by atoms with Gasteiger partial charge in [0.25, 0.3) is 0 Å². The molecule has 2 aromatic rings. The van der Waals surface area contributed by atoms with Gasteiger partial charge in [0.2, 0.25) is 5.91 Å². The number of guanidine groups is 1. The molecule has 9 heteroatoms. The minimum Gasteiger partial charge on any atom is -0.495 e. The fourth-order valence-corrected chi connectivity index (χ4v) is 3.18. The van der Waals surface area contributed by atoms with E-state index in [1.54, 1.807) is 38.7 Å². The van der Waals surface area contributed by atoms with Crippen LogP contribution in [0, 0.1) is 0 Å². The number of halogens is 1. The molecule has 8 nitrogen and oxygen atoms in total. The van der Waals surface area contributed by atoms with E-state index in [0.29, 0.717) is 11.6 Å². The SMILES string of the molecule is CN=C(NCC(=O)Nc1cccnc1)NC1CCN(c2ccccc2OC)C1.I. The quantitative estimate of drug-likeness (QED) is 0.314. The van der Waals surface area contributed by atoms with Gasteiger partial charge in [-0.15, -0.1) is 24.0 Å². The van der Waals surface area contributed by atoms with Crippen LogP contribution in [0.15, 0.2) is 53.8 Å². The van der Waals surface area contributed by atoms with Crippen molar-refractivity contribution in [2.45, 2.75) is 12.5 Å². The third-order valence-corrected chi connectivity index (χ3v) is 4.54. The molecule has 1 saturated heterocycles. The van der Waals surface area contributed by atoms with Crippen molar-refractivity contribution in [3.8, 4) is 5.75 Å². The number of hydrogen-bond acceptors (Lipinski definition) is 5. The molecule has 0 spiro atoms. The number of para-hydroxylation sites is 2. The number of anilines is 2. The maximum atomic E-state index is 12.1. The van der Waals surface area contributed by atoms with Gasteiger partial charge in [0.05, 0.1) is 31.2 Å². The van der Waals surface area contributed by atoms with Crippen LogP contribution >= 0.6 is 24.0 Å². The van der Waals surface area contributed by atoms with Gasteiger partial charge in [-0.1, -0.05) is 12.1 Å². The van der Waals surface area contributed by atoms with Gasteiger partial charge < -0.3 is 25.6 Å². The van der Waals surface area contributed by atoms with Crippen LogP contribution in [0.5, 0.6) is 5.75 Å². The average Bonchev–Trinajstić information content (AvgIpc) is 3.20. The average molecular weight is 510 g/mol. The van der Waals surface area contributed by atoms with Gasteiger partial charge in [0.15, 0.2) is 5.96 Å². The van der Waals surface area contributed by atoms with Gasteiger partial charge in [0.1, 0.15) is 5.75 Å². The van der Waals surface area contributed by atoms with E-state index < -0.39 is 0 Å². The molecule has 0 aliphatic carbocycles. The summed E-state index contributed by atoms with van der Waals surface area (Å²) in [7, 11) is 3.38. The highest BCUT2D eigenvalue weighted by atomic mass is 127. The van der Waals surface area contributed by atoms with Crippen LogP contribution < -0.4 is 25.6 Å². The topological polar surface area (TPSA) is 90.9 Å². The fraction of sp³-hybridized carbons (Fsp3) is 0.350. The van der Waals surface area contributed by atoms with Gasteiger partial charge >= 0.3 is 0 Å². The number of carbonyl (C=O) groups is 1. The summed E-state index contributed by atoms with van der Waals surface area (Å²) in [6, 6.07) is 11.8. The zero-order valence-electron chi connectivity index (χ0n) is 16.6. The van der Waals surface area contributed by atoms with Crippen molar-refractivity contribution in [3.05, 3.63) is 48.8 Å². The molecule has 1 aliphatic rings. The van der Waals surface area contributed by atoms with Crippen LogP contribution in [-0.4, -0.2) is 56.7 Å². The Morgan fingerprint density at radius 2 is 2.14 bits per heavy atom. The minimum atomic E-state index is -0.155. The van der Waals surface area contributed by atoms with Crippen molar-refractivity contribution in [2.24, 2.45) is 4.99 Å². The Morgan fingerprint density at radius 3 is 2.86 bits per heavy atom. The van der Waals surface area contributed by atoms with E-state index in [9.17, 15) is 4.79 Å². The lowest BCUT2D eigenvalue weighted by molar-refractivity contribution is -0.115. The van der Waals surface area contributed by atoms with Crippen molar-refractivity contribution >= 4 is 47.2 Å². The predicted molar refractivity (Wildman–Crippen MR) is 126 cm³/mol. The minimum absolute atomic E-state index is 0. The summed E-state index contributed by atoms with van der Waals surface area (Å²) < 4.78 is 5.46. The molecule has 3 N–H and O–H groups in total. The molecular formula is C20H27IN6O2. The third-order valence-electron chi connectivity index (χ3n) is 4.54. The van der Waals surface area contributed by atoms with Crippen LogP contribution in [0.2, 0.25) is 0 Å². The first-order valence-electron chi connectivity index (χ1n) is 9.24. The molecule has 2 heterocycles. The molecule has 0 bridgehead atoms. The number of nitrogens with one attached hydrogen (secondary N) is 3. The van der Waals surface area contributed by atoms with Crippen LogP contribution in [-0.2, 0) is 4.79 Å². The number of aromatic nitrogens is 1. The third kappa shape index (κ3) is 6.48. The van der Waals surface area contributed by atoms with E-state index in [1.807, 2.05) is 18.2 Å². The number of pyridine rings is 1. The van der Waals surface area contributed by atoms with E-state index >= 15 is 0 Å².